The average molecular weight is 292 g/mol. The average Bonchev–Trinajstić information content (AvgIpc) is 2.96. The SMILES string of the molecule is CC(CS(C)(=O)=O)NC(=O)N(CC(=O)O)CC1CC1. The van der Waals surface area contributed by atoms with Crippen molar-refractivity contribution in [3.05, 3.63) is 0 Å². The molecule has 1 rings (SSSR count). The van der Waals surface area contributed by atoms with E-state index in [-0.39, 0.29) is 12.3 Å². The Morgan fingerprint density at radius 3 is 2.42 bits per heavy atom. The van der Waals surface area contributed by atoms with Gasteiger partial charge in [-0.15, -0.1) is 0 Å². The van der Waals surface area contributed by atoms with E-state index in [1.165, 1.54) is 4.90 Å². The molecule has 0 aromatic rings. The summed E-state index contributed by atoms with van der Waals surface area (Å²) in [5.41, 5.74) is 0. The number of amides is 2. The van der Waals surface area contributed by atoms with Crippen molar-refractivity contribution in [3.63, 3.8) is 0 Å². The van der Waals surface area contributed by atoms with Gasteiger partial charge in [0.2, 0.25) is 0 Å². The number of carbonyl (C=O) groups is 2. The standard InChI is InChI=1S/C11H20N2O5S/c1-8(7-19(2,17)18)12-11(16)13(6-10(14)15)5-9-3-4-9/h8-9H,3-7H2,1-2H3,(H,12,16)(H,14,15). The molecular weight excluding hydrogens is 272 g/mol. The number of nitrogens with one attached hydrogen (secondary N) is 1. The van der Waals surface area contributed by atoms with E-state index in [9.17, 15) is 18.0 Å². The van der Waals surface area contributed by atoms with Gasteiger partial charge in [0.25, 0.3) is 0 Å². The highest BCUT2D eigenvalue weighted by Crippen LogP contribution is 2.29. The van der Waals surface area contributed by atoms with Gasteiger partial charge in [-0.25, -0.2) is 13.2 Å². The monoisotopic (exact) mass is 292 g/mol. The molecule has 0 bridgehead atoms. The number of rotatable bonds is 7. The third kappa shape index (κ3) is 7.00. The third-order valence-electron chi connectivity index (χ3n) is 2.71. The Morgan fingerprint density at radius 1 is 1.42 bits per heavy atom. The second-order valence-electron chi connectivity index (χ2n) is 5.16. The molecule has 0 spiro atoms. The first kappa shape index (κ1) is 15.7. The van der Waals surface area contributed by atoms with Crippen LogP contribution in [0.1, 0.15) is 19.8 Å². The van der Waals surface area contributed by atoms with Crippen LogP contribution >= 0.6 is 0 Å². The van der Waals surface area contributed by atoms with E-state index in [1.807, 2.05) is 0 Å². The Kier molecular flexibility index (Phi) is 5.16. The molecule has 1 unspecified atom stereocenters. The lowest BCUT2D eigenvalue weighted by Crippen LogP contribution is -2.48. The molecule has 0 aromatic carbocycles. The number of carboxylic acid groups (broad SMARTS) is 1. The molecule has 1 aliphatic rings. The first-order valence-corrected chi connectivity index (χ1v) is 8.18. The Labute approximate surface area is 112 Å². The van der Waals surface area contributed by atoms with Crippen LogP contribution in [-0.4, -0.2) is 61.6 Å². The Hall–Kier alpha value is -1.31. The first-order valence-electron chi connectivity index (χ1n) is 6.12. The topological polar surface area (TPSA) is 104 Å². The molecule has 1 fully saturated rings. The normalized spacial score (nSPS) is 16.7. The van der Waals surface area contributed by atoms with Crippen molar-refractivity contribution in [1.29, 1.82) is 0 Å². The number of carbonyl (C=O) groups excluding carboxylic acids is 1. The molecule has 0 radical (unpaired) electrons. The van der Waals surface area contributed by atoms with Crippen molar-refractivity contribution in [1.82, 2.24) is 10.2 Å². The van der Waals surface area contributed by atoms with E-state index in [0.29, 0.717) is 12.5 Å². The van der Waals surface area contributed by atoms with Crippen molar-refractivity contribution < 1.29 is 23.1 Å². The van der Waals surface area contributed by atoms with Crippen LogP contribution in [0, 0.1) is 5.92 Å². The van der Waals surface area contributed by atoms with Gasteiger partial charge in [-0.05, 0) is 25.7 Å². The molecule has 1 atom stereocenters. The molecule has 0 aromatic heterocycles. The number of nitrogens with zero attached hydrogens (tertiary/aromatic N) is 1. The third-order valence-corrected chi connectivity index (χ3v) is 3.82. The minimum Gasteiger partial charge on any atom is -0.480 e. The zero-order valence-electron chi connectivity index (χ0n) is 11.1. The van der Waals surface area contributed by atoms with Gasteiger partial charge in [-0.3, -0.25) is 4.79 Å². The lowest BCUT2D eigenvalue weighted by Gasteiger charge is -2.23. The highest BCUT2D eigenvalue weighted by atomic mass is 32.2. The van der Waals surface area contributed by atoms with Gasteiger partial charge >= 0.3 is 12.0 Å². The second-order valence-corrected chi connectivity index (χ2v) is 7.35. The minimum atomic E-state index is -3.18. The summed E-state index contributed by atoms with van der Waals surface area (Å²) in [6, 6.07) is -1.07. The number of urea groups is 1. The fraction of sp³-hybridized carbons (Fsp3) is 0.818. The van der Waals surface area contributed by atoms with E-state index in [2.05, 4.69) is 5.32 Å². The van der Waals surface area contributed by atoms with Gasteiger partial charge in [0.1, 0.15) is 16.4 Å². The van der Waals surface area contributed by atoms with Gasteiger partial charge in [-0.1, -0.05) is 0 Å². The molecule has 1 aliphatic carbocycles. The summed E-state index contributed by atoms with van der Waals surface area (Å²) in [7, 11) is -3.18. The van der Waals surface area contributed by atoms with Crippen LogP contribution in [0.15, 0.2) is 0 Å². The van der Waals surface area contributed by atoms with Gasteiger partial charge in [0.05, 0.1) is 5.75 Å². The van der Waals surface area contributed by atoms with Crippen molar-refractivity contribution >= 4 is 21.8 Å². The number of hydrogen-bond acceptors (Lipinski definition) is 4. The molecule has 1 saturated carbocycles. The second kappa shape index (κ2) is 6.23. The van der Waals surface area contributed by atoms with Gasteiger partial charge in [0, 0.05) is 18.8 Å². The number of carboxylic acids is 1. The van der Waals surface area contributed by atoms with Crippen molar-refractivity contribution in [2.45, 2.75) is 25.8 Å². The summed E-state index contributed by atoms with van der Waals surface area (Å²) < 4.78 is 22.2. The van der Waals surface area contributed by atoms with Crippen LogP contribution < -0.4 is 5.32 Å². The van der Waals surface area contributed by atoms with Crippen LogP contribution in [0.2, 0.25) is 0 Å². The van der Waals surface area contributed by atoms with E-state index >= 15 is 0 Å². The lowest BCUT2D eigenvalue weighted by atomic mass is 10.3. The summed E-state index contributed by atoms with van der Waals surface area (Å²) in [4.78, 5) is 23.8. The fourth-order valence-corrected chi connectivity index (χ4v) is 2.78. The molecule has 0 aliphatic heterocycles. The summed E-state index contributed by atoms with van der Waals surface area (Å²) in [6.45, 7) is 1.62. The van der Waals surface area contributed by atoms with E-state index in [1.54, 1.807) is 6.92 Å². The van der Waals surface area contributed by atoms with Crippen LogP contribution in [0.4, 0.5) is 4.79 Å². The summed E-state index contributed by atoms with van der Waals surface area (Å²) in [5, 5.41) is 11.3. The van der Waals surface area contributed by atoms with Crippen LogP contribution in [0.5, 0.6) is 0 Å². The Bertz CT molecular complexity index is 444. The molecule has 7 nitrogen and oxygen atoms in total. The van der Waals surface area contributed by atoms with E-state index < -0.39 is 27.9 Å². The largest absolute Gasteiger partial charge is 0.480 e. The fourth-order valence-electron chi connectivity index (χ4n) is 1.79. The van der Waals surface area contributed by atoms with E-state index in [0.717, 1.165) is 19.1 Å². The summed E-state index contributed by atoms with van der Waals surface area (Å²) in [5.74, 6) is -0.870. The summed E-state index contributed by atoms with van der Waals surface area (Å²) in [6.07, 6.45) is 3.10. The highest BCUT2D eigenvalue weighted by molar-refractivity contribution is 7.90. The van der Waals surface area contributed by atoms with Gasteiger partial charge in [0.15, 0.2) is 0 Å². The van der Waals surface area contributed by atoms with Crippen LogP contribution in [0.25, 0.3) is 0 Å². The molecule has 0 heterocycles. The molecule has 2 amide bonds. The quantitative estimate of drug-likeness (QED) is 0.683. The molecule has 19 heavy (non-hydrogen) atoms. The maximum absolute atomic E-state index is 11.9. The summed E-state index contributed by atoms with van der Waals surface area (Å²) >= 11 is 0. The number of hydrogen-bond donors (Lipinski definition) is 2. The van der Waals surface area contributed by atoms with Crippen LogP contribution in [0.3, 0.4) is 0 Å². The maximum atomic E-state index is 11.9. The molecule has 110 valence electrons. The predicted octanol–water partition coefficient (Wildman–Crippen LogP) is -0.0743. The van der Waals surface area contributed by atoms with Crippen molar-refractivity contribution in [2.24, 2.45) is 5.92 Å². The minimum absolute atomic E-state index is 0.164. The zero-order chi connectivity index (χ0) is 14.6. The smallest absolute Gasteiger partial charge is 0.323 e. The molecule has 2 N–H and O–H groups in total. The highest BCUT2D eigenvalue weighted by Gasteiger charge is 2.28. The molecular formula is C11H20N2O5S. The molecule has 8 heteroatoms. The number of sulfone groups is 1. The van der Waals surface area contributed by atoms with Crippen LogP contribution in [-0.2, 0) is 14.6 Å². The predicted molar refractivity (Wildman–Crippen MR) is 69.6 cm³/mol. The zero-order valence-corrected chi connectivity index (χ0v) is 11.9. The van der Waals surface area contributed by atoms with Gasteiger partial charge in [-0.2, -0.15) is 0 Å². The lowest BCUT2D eigenvalue weighted by molar-refractivity contribution is -0.137. The first-order chi connectivity index (χ1) is 8.67. The maximum Gasteiger partial charge on any atom is 0.323 e. The Balaban J connectivity index is 2.52. The van der Waals surface area contributed by atoms with E-state index in [4.69, 9.17) is 5.11 Å². The van der Waals surface area contributed by atoms with Crippen molar-refractivity contribution in [3.8, 4) is 0 Å². The molecule has 0 saturated heterocycles. The van der Waals surface area contributed by atoms with Gasteiger partial charge < -0.3 is 15.3 Å². The Morgan fingerprint density at radius 2 is 2.00 bits per heavy atom. The van der Waals surface area contributed by atoms with Crippen molar-refractivity contribution in [2.75, 3.05) is 25.1 Å². The number of aliphatic carboxylic acids is 1.